The summed E-state index contributed by atoms with van der Waals surface area (Å²) in [4.78, 5) is 7.03. The third-order valence-corrected chi connectivity index (χ3v) is 5.34. The molecule has 28 heavy (non-hydrogen) atoms. The summed E-state index contributed by atoms with van der Waals surface area (Å²) in [7, 11) is 1.59. The van der Waals surface area contributed by atoms with E-state index in [0.29, 0.717) is 23.3 Å². The van der Waals surface area contributed by atoms with Gasteiger partial charge in [-0.05, 0) is 49.6 Å². The first-order valence-corrected chi connectivity index (χ1v) is 9.49. The number of benzene rings is 2. The monoisotopic (exact) mass is 514 g/mol. The maximum Gasteiger partial charge on any atom is 0.193 e. The fraction of sp³-hybridized carbons (Fsp3) is 0.381. The molecule has 0 amide bonds. The van der Waals surface area contributed by atoms with Crippen LogP contribution in [0.4, 0.5) is 5.69 Å². The number of methoxy groups -OCH3 is 1. The van der Waals surface area contributed by atoms with E-state index in [2.05, 4.69) is 53.3 Å². The third-order valence-electron chi connectivity index (χ3n) is 5.05. The molecule has 0 atom stereocenters. The van der Waals surface area contributed by atoms with E-state index < -0.39 is 0 Å². The van der Waals surface area contributed by atoms with Gasteiger partial charge in [0.2, 0.25) is 0 Å². The van der Waals surface area contributed by atoms with Gasteiger partial charge in [-0.3, -0.25) is 9.89 Å². The Hall–Kier alpha value is -1.51. The molecule has 152 valence electrons. The summed E-state index contributed by atoms with van der Waals surface area (Å²) in [5.41, 5.74) is 9.64. The predicted octanol–water partition coefficient (Wildman–Crippen LogP) is 4.53. The summed E-state index contributed by atoms with van der Waals surface area (Å²) < 4.78 is 5.16. The molecule has 0 aromatic heterocycles. The smallest absolute Gasteiger partial charge is 0.193 e. The zero-order chi connectivity index (χ0) is 19.4. The van der Waals surface area contributed by atoms with Crippen LogP contribution in [-0.2, 0) is 13.0 Å². The fourth-order valence-electron chi connectivity index (χ4n) is 3.32. The van der Waals surface area contributed by atoms with E-state index >= 15 is 0 Å². The summed E-state index contributed by atoms with van der Waals surface area (Å²) in [6.07, 6.45) is 1.07. The molecule has 0 aliphatic carbocycles. The number of hydrogen-bond donors (Lipinski definition) is 2. The molecule has 0 bridgehead atoms. The second-order valence-corrected chi connectivity index (χ2v) is 7.84. The number of rotatable bonds is 5. The minimum absolute atomic E-state index is 0. The van der Waals surface area contributed by atoms with Crippen molar-refractivity contribution in [2.45, 2.75) is 32.4 Å². The molecule has 0 unspecified atom stereocenters. The third kappa shape index (κ3) is 5.52. The van der Waals surface area contributed by atoms with Gasteiger partial charge in [-0.25, -0.2) is 0 Å². The first kappa shape index (κ1) is 22.8. The molecule has 0 fully saturated rings. The van der Waals surface area contributed by atoms with E-state index in [4.69, 9.17) is 22.1 Å². The highest BCUT2D eigenvalue weighted by Crippen LogP contribution is 2.27. The largest absolute Gasteiger partial charge is 0.495 e. The lowest BCUT2D eigenvalue weighted by molar-refractivity contribution is 0.112. The number of halogens is 2. The number of nitrogens with one attached hydrogen (secondary N) is 1. The number of anilines is 1. The Morgan fingerprint density at radius 3 is 2.64 bits per heavy atom. The van der Waals surface area contributed by atoms with Gasteiger partial charge in [-0.15, -0.1) is 24.0 Å². The fourth-order valence-corrected chi connectivity index (χ4v) is 3.58. The van der Waals surface area contributed by atoms with Crippen LogP contribution in [0.5, 0.6) is 5.75 Å². The lowest BCUT2D eigenvalue weighted by Crippen LogP contribution is -2.49. The summed E-state index contributed by atoms with van der Waals surface area (Å²) >= 11 is 6.15. The van der Waals surface area contributed by atoms with E-state index in [1.807, 2.05) is 6.07 Å². The second kappa shape index (κ2) is 9.80. The summed E-state index contributed by atoms with van der Waals surface area (Å²) in [5, 5.41) is 3.62. The molecule has 0 radical (unpaired) electrons. The summed E-state index contributed by atoms with van der Waals surface area (Å²) in [6, 6.07) is 14.1. The molecule has 1 aliphatic heterocycles. The minimum atomic E-state index is -0.0859. The molecule has 0 saturated heterocycles. The molecule has 3 N–H and O–H groups in total. The van der Waals surface area contributed by atoms with Crippen molar-refractivity contribution in [2.24, 2.45) is 10.7 Å². The van der Waals surface area contributed by atoms with Crippen molar-refractivity contribution in [2.75, 3.05) is 25.5 Å². The van der Waals surface area contributed by atoms with Crippen LogP contribution in [0.2, 0.25) is 5.02 Å². The van der Waals surface area contributed by atoms with Gasteiger partial charge >= 0.3 is 0 Å². The van der Waals surface area contributed by atoms with Crippen LogP contribution >= 0.6 is 35.6 Å². The van der Waals surface area contributed by atoms with E-state index in [1.54, 1.807) is 19.2 Å². The van der Waals surface area contributed by atoms with Gasteiger partial charge in [0.15, 0.2) is 5.96 Å². The lowest BCUT2D eigenvalue weighted by Gasteiger charge is -2.40. The number of fused-ring (bicyclic) bond motifs is 1. The number of nitrogens with two attached hydrogens (primary N) is 1. The summed E-state index contributed by atoms with van der Waals surface area (Å²) in [6.45, 7) is 7.00. The first-order valence-electron chi connectivity index (χ1n) is 9.11. The average Bonchev–Trinajstić information content (AvgIpc) is 2.66. The molecule has 2 aromatic rings. The van der Waals surface area contributed by atoms with Crippen molar-refractivity contribution in [1.29, 1.82) is 0 Å². The van der Waals surface area contributed by atoms with Crippen molar-refractivity contribution >= 4 is 47.2 Å². The van der Waals surface area contributed by atoms with Gasteiger partial charge < -0.3 is 15.8 Å². The van der Waals surface area contributed by atoms with Crippen LogP contribution in [0.3, 0.4) is 0 Å². The topological polar surface area (TPSA) is 62.9 Å². The average molecular weight is 515 g/mol. The van der Waals surface area contributed by atoms with Crippen molar-refractivity contribution in [1.82, 2.24) is 4.90 Å². The Labute approximate surface area is 189 Å². The van der Waals surface area contributed by atoms with Gasteiger partial charge in [-0.1, -0.05) is 35.9 Å². The second-order valence-electron chi connectivity index (χ2n) is 7.43. The van der Waals surface area contributed by atoms with Crippen molar-refractivity contribution in [3.8, 4) is 5.75 Å². The van der Waals surface area contributed by atoms with E-state index in [0.717, 1.165) is 25.2 Å². The molecule has 1 aliphatic rings. The Balaban J connectivity index is 0.00000280. The number of aliphatic imine (C=N–C) groups is 1. The zero-order valence-electron chi connectivity index (χ0n) is 16.5. The summed E-state index contributed by atoms with van der Waals surface area (Å²) in [5.74, 6) is 1.01. The Bertz CT molecular complexity index is 841. The Morgan fingerprint density at radius 1 is 1.25 bits per heavy atom. The van der Waals surface area contributed by atoms with E-state index in [1.165, 1.54) is 11.1 Å². The molecule has 0 spiro atoms. The molecule has 2 aromatic carbocycles. The molecular formula is C21H28ClIN4O. The Morgan fingerprint density at radius 2 is 1.96 bits per heavy atom. The maximum atomic E-state index is 6.15. The number of hydrogen-bond acceptors (Lipinski definition) is 3. The van der Waals surface area contributed by atoms with Crippen molar-refractivity contribution in [3.63, 3.8) is 0 Å². The van der Waals surface area contributed by atoms with Gasteiger partial charge in [-0.2, -0.15) is 0 Å². The van der Waals surface area contributed by atoms with Gasteiger partial charge in [0.1, 0.15) is 5.75 Å². The van der Waals surface area contributed by atoms with Crippen LogP contribution in [0.25, 0.3) is 0 Å². The number of guanidine groups is 1. The van der Waals surface area contributed by atoms with Gasteiger partial charge in [0, 0.05) is 24.3 Å². The quantitative estimate of drug-likeness (QED) is 0.350. The van der Waals surface area contributed by atoms with Crippen LogP contribution in [0, 0.1) is 0 Å². The molecule has 1 heterocycles. The minimum Gasteiger partial charge on any atom is -0.495 e. The highest BCUT2D eigenvalue weighted by molar-refractivity contribution is 14.0. The Kier molecular flexibility index (Phi) is 7.97. The highest BCUT2D eigenvalue weighted by Gasteiger charge is 2.29. The van der Waals surface area contributed by atoms with Crippen LogP contribution < -0.4 is 15.8 Å². The highest BCUT2D eigenvalue weighted by atomic mass is 127. The van der Waals surface area contributed by atoms with Crippen LogP contribution in [0.1, 0.15) is 25.0 Å². The normalized spacial score (nSPS) is 14.8. The van der Waals surface area contributed by atoms with Gasteiger partial charge in [0.05, 0.1) is 18.7 Å². The molecule has 7 heteroatoms. The molecule has 3 rings (SSSR count). The molecular weight excluding hydrogens is 487 g/mol. The van der Waals surface area contributed by atoms with Crippen LogP contribution in [0.15, 0.2) is 47.5 Å². The van der Waals surface area contributed by atoms with Gasteiger partial charge in [0.25, 0.3) is 0 Å². The van der Waals surface area contributed by atoms with Crippen LogP contribution in [-0.4, -0.2) is 36.6 Å². The van der Waals surface area contributed by atoms with Crippen molar-refractivity contribution in [3.05, 3.63) is 58.6 Å². The first-order chi connectivity index (χ1) is 12.9. The zero-order valence-corrected chi connectivity index (χ0v) is 19.6. The molecule has 5 nitrogen and oxygen atoms in total. The predicted molar refractivity (Wildman–Crippen MR) is 128 cm³/mol. The standard InChI is InChI=1S/C21H27ClN4O.HI/c1-21(2,26-11-10-15-6-4-5-7-16(15)13-26)14-24-20(23)25-17-8-9-19(27-3)18(22)12-17;/h4-9,12H,10-11,13-14H2,1-3H3,(H3,23,24,25);1H. The number of nitrogens with zero attached hydrogens (tertiary/aromatic N) is 2. The van der Waals surface area contributed by atoms with E-state index in [-0.39, 0.29) is 29.5 Å². The SMILES string of the molecule is COc1ccc(NC(N)=NCC(C)(C)N2CCc3ccccc3C2)cc1Cl.I. The maximum absolute atomic E-state index is 6.15. The number of ether oxygens (including phenoxy) is 1. The van der Waals surface area contributed by atoms with E-state index in [9.17, 15) is 0 Å². The van der Waals surface area contributed by atoms with Crippen molar-refractivity contribution < 1.29 is 4.74 Å². The lowest BCUT2D eigenvalue weighted by atomic mass is 9.94. The molecule has 0 saturated carbocycles.